The zero-order valence-electron chi connectivity index (χ0n) is 30.0. The number of hydroxylamine groups is 2. The molecule has 0 fully saturated rings. The zero-order valence-corrected chi connectivity index (χ0v) is 30.0. The third kappa shape index (κ3) is 9.06. The Labute approximate surface area is 305 Å². The number of fused-ring (bicyclic) bond motifs is 2. The highest BCUT2D eigenvalue weighted by atomic mass is 16.5. The molecule has 10 heteroatoms. The van der Waals surface area contributed by atoms with Crippen molar-refractivity contribution in [2.24, 2.45) is 5.41 Å². The van der Waals surface area contributed by atoms with Gasteiger partial charge in [-0.15, -0.1) is 6.42 Å². The van der Waals surface area contributed by atoms with Crippen molar-refractivity contribution in [3.63, 3.8) is 0 Å². The van der Waals surface area contributed by atoms with E-state index in [1.54, 1.807) is 69.3 Å². The van der Waals surface area contributed by atoms with E-state index < -0.39 is 53.6 Å². The van der Waals surface area contributed by atoms with Gasteiger partial charge in [0.25, 0.3) is 11.8 Å². The van der Waals surface area contributed by atoms with Crippen LogP contribution in [0.3, 0.4) is 0 Å². The lowest BCUT2D eigenvalue weighted by molar-refractivity contribution is -0.199. The number of benzene rings is 4. The highest BCUT2D eigenvalue weighted by Crippen LogP contribution is 2.37. The molecule has 0 aliphatic heterocycles. The summed E-state index contributed by atoms with van der Waals surface area (Å²) in [7, 11) is 1.20. The Bertz CT molecular complexity index is 1890. The van der Waals surface area contributed by atoms with E-state index >= 15 is 0 Å². The molecule has 6 rings (SSSR count). The predicted octanol–water partition coefficient (Wildman–Crippen LogP) is 6.01. The summed E-state index contributed by atoms with van der Waals surface area (Å²) < 4.78 is 4.75. The number of alkyl carbamates (subject to hydrolysis) is 1. The standard InChI is InChI=1S/C36H42N4O6.C6H4/c1-6-29(27-18-11-8-12-19-27)39(38-32(41)31(35(2,3)4)37-34(43)46-5)24-36(44,23-25-15-9-7-10-16-25)33(42)40(45)30-22-21-26-17-13-14-20-28(26)30;1-2-5-4-6(5)3-1/h1,7-20,29-31,44-45H,21-24H2,2-5H3,(H,37,43)(H,38,41);1-4H/t29?,30?,31-,36+;/m1./s1. The SMILES string of the molecule is C#CC(c1ccccc1)N(C[C@@](O)(Cc1ccccc1)C(=O)N(O)C1CCc2ccccc21)NC(=O)[C@@H](NC(=O)OC)C(C)(C)C.c1cc2cc-2c1. The topological polar surface area (TPSA) is 131 Å². The van der Waals surface area contributed by atoms with E-state index in [1.165, 1.54) is 23.2 Å². The summed E-state index contributed by atoms with van der Waals surface area (Å²) in [4.78, 5) is 40.4. The van der Waals surface area contributed by atoms with E-state index in [-0.39, 0.29) is 6.42 Å². The Hall–Kier alpha value is -5.47. The molecule has 2 unspecified atom stereocenters. The summed E-state index contributed by atoms with van der Waals surface area (Å²) in [5.41, 5.74) is 5.67. The number of rotatable bonds is 11. The Balaban J connectivity index is 0.000000776. The number of aryl methyl sites for hydroxylation is 1. The van der Waals surface area contributed by atoms with Crippen molar-refractivity contribution in [1.29, 1.82) is 0 Å². The zero-order chi connectivity index (χ0) is 37.5. The van der Waals surface area contributed by atoms with Crippen LogP contribution in [0.1, 0.15) is 61.5 Å². The first kappa shape index (κ1) is 37.8. The van der Waals surface area contributed by atoms with Crippen molar-refractivity contribution in [3.05, 3.63) is 131 Å². The van der Waals surface area contributed by atoms with Crippen LogP contribution in [0.15, 0.2) is 109 Å². The largest absolute Gasteiger partial charge is 0.453 e. The van der Waals surface area contributed by atoms with Gasteiger partial charge in [0.15, 0.2) is 5.60 Å². The van der Waals surface area contributed by atoms with Crippen LogP contribution in [-0.2, 0) is 27.2 Å². The van der Waals surface area contributed by atoms with Crippen LogP contribution >= 0.6 is 0 Å². The summed E-state index contributed by atoms with van der Waals surface area (Å²) in [5, 5.41) is 28.3. The van der Waals surface area contributed by atoms with Crippen LogP contribution in [0.2, 0.25) is 0 Å². The van der Waals surface area contributed by atoms with E-state index in [0.717, 1.165) is 11.1 Å². The van der Waals surface area contributed by atoms with Crippen molar-refractivity contribution in [2.75, 3.05) is 13.7 Å². The van der Waals surface area contributed by atoms with Crippen molar-refractivity contribution < 1.29 is 29.4 Å². The minimum Gasteiger partial charge on any atom is -0.453 e. The van der Waals surface area contributed by atoms with Crippen LogP contribution in [0.25, 0.3) is 11.1 Å². The van der Waals surface area contributed by atoms with Gasteiger partial charge in [0.05, 0.1) is 19.7 Å². The lowest BCUT2D eigenvalue weighted by atomic mass is 9.86. The van der Waals surface area contributed by atoms with Gasteiger partial charge >= 0.3 is 6.09 Å². The fraction of sp³-hybridized carbons (Fsp3) is 0.310. The molecule has 0 spiro atoms. The monoisotopic (exact) mass is 702 g/mol. The average Bonchev–Trinajstić information content (AvgIpc) is 3.50. The molecule has 3 aliphatic carbocycles. The molecule has 0 aromatic heterocycles. The molecule has 10 nitrogen and oxygen atoms in total. The van der Waals surface area contributed by atoms with Crippen molar-refractivity contribution in [1.82, 2.24) is 20.8 Å². The quantitative estimate of drug-likeness (QED) is 0.0754. The normalized spacial score (nSPS) is 16.1. The molecular formula is C42H46N4O6. The number of hydrogen-bond acceptors (Lipinski definition) is 7. The van der Waals surface area contributed by atoms with Gasteiger partial charge in [-0.25, -0.2) is 9.86 Å². The molecule has 3 aromatic carbocycles. The van der Waals surface area contributed by atoms with Gasteiger partial charge < -0.3 is 15.2 Å². The van der Waals surface area contributed by atoms with Crippen LogP contribution < -0.4 is 10.7 Å². The van der Waals surface area contributed by atoms with Gasteiger partial charge in [-0.05, 0) is 57.7 Å². The second-order valence-corrected chi connectivity index (χ2v) is 14.2. The first-order valence-electron chi connectivity index (χ1n) is 17.2. The fourth-order valence-corrected chi connectivity index (χ4v) is 6.49. The number of hydrogen-bond donors (Lipinski definition) is 4. The van der Waals surface area contributed by atoms with Gasteiger partial charge in [0.1, 0.15) is 12.1 Å². The number of ether oxygens (including phenoxy) is 1. The van der Waals surface area contributed by atoms with Crippen LogP contribution in [-0.4, -0.2) is 63.6 Å². The van der Waals surface area contributed by atoms with E-state index in [9.17, 15) is 24.7 Å². The lowest BCUT2D eigenvalue weighted by Crippen LogP contribution is -2.62. The maximum atomic E-state index is 14.3. The van der Waals surface area contributed by atoms with Crippen LogP contribution in [0.4, 0.5) is 4.79 Å². The smallest absolute Gasteiger partial charge is 0.407 e. The van der Waals surface area contributed by atoms with E-state index in [2.05, 4.69) is 40.9 Å². The summed E-state index contributed by atoms with van der Waals surface area (Å²) in [6.45, 7) is 4.81. The Morgan fingerprint density at radius 3 is 2.10 bits per heavy atom. The lowest BCUT2D eigenvalue weighted by Gasteiger charge is -2.40. The molecule has 0 bridgehead atoms. The van der Waals surface area contributed by atoms with Crippen molar-refractivity contribution in [3.8, 4) is 23.5 Å². The highest BCUT2D eigenvalue weighted by molar-refractivity contribution is 5.87. The van der Waals surface area contributed by atoms with Gasteiger partial charge in [0.2, 0.25) is 0 Å². The molecule has 270 valence electrons. The number of carbonyl (C=O) groups excluding carboxylic acids is 3. The molecule has 4 atom stereocenters. The Morgan fingerprint density at radius 2 is 1.54 bits per heavy atom. The number of methoxy groups -OCH3 is 1. The molecule has 4 N–H and O–H groups in total. The number of nitrogens with zero attached hydrogens (tertiary/aromatic N) is 2. The third-order valence-electron chi connectivity index (χ3n) is 9.30. The second-order valence-electron chi connectivity index (χ2n) is 14.2. The summed E-state index contributed by atoms with van der Waals surface area (Å²) >= 11 is 0. The van der Waals surface area contributed by atoms with E-state index in [0.29, 0.717) is 29.0 Å². The molecule has 0 saturated carbocycles. The van der Waals surface area contributed by atoms with Crippen molar-refractivity contribution >= 4 is 17.9 Å². The van der Waals surface area contributed by atoms with Crippen LogP contribution in [0.5, 0.6) is 0 Å². The average molecular weight is 703 g/mol. The van der Waals surface area contributed by atoms with E-state index in [1.807, 2.05) is 36.4 Å². The third-order valence-corrected chi connectivity index (χ3v) is 9.30. The highest BCUT2D eigenvalue weighted by Gasteiger charge is 2.46. The van der Waals surface area contributed by atoms with E-state index in [4.69, 9.17) is 11.2 Å². The molecule has 52 heavy (non-hydrogen) atoms. The minimum absolute atomic E-state index is 0.195. The molecule has 3 amide bonds. The number of hydrazine groups is 1. The maximum Gasteiger partial charge on any atom is 0.407 e. The van der Waals surface area contributed by atoms with Gasteiger partial charge in [-0.3, -0.25) is 20.2 Å². The van der Waals surface area contributed by atoms with Gasteiger partial charge in [-0.2, -0.15) is 5.01 Å². The molecular weight excluding hydrogens is 656 g/mol. The number of amides is 3. The number of terminal acetylenes is 1. The molecule has 0 heterocycles. The number of carbonyl (C=O) groups is 3. The molecule has 3 aliphatic rings. The first-order chi connectivity index (χ1) is 24.8. The van der Waals surface area contributed by atoms with Crippen LogP contribution in [0, 0.1) is 17.8 Å². The molecule has 3 aromatic rings. The molecule has 0 radical (unpaired) electrons. The fourth-order valence-electron chi connectivity index (χ4n) is 6.49. The Kier molecular flexibility index (Phi) is 11.8. The Morgan fingerprint density at radius 1 is 0.923 bits per heavy atom. The maximum absolute atomic E-state index is 14.3. The summed E-state index contributed by atoms with van der Waals surface area (Å²) in [5.74, 6) is 1.09. The number of aliphatic hydroxyl groups is 1. The first-order valence-corrected chi connectivity index (χ1v) is 17.2. The summed E-state index contributed by atoms with van der Waals surface area (Å²) in [6.07, 6.45) is 6.19. The second kappa shape index (κ2) is 16.3. The summed E-state index contributed by atoms with van der Waals surface area (Å²) in [6, 6.07) is 31.2. The number of nitrogens with one attached hydrogen (secondary N) is 2. The van der Waals surface area contributed by atoms with Gasteiger partial charge in [-0.1, -0.05) is 130 Å². The van der Waals surface area contributed by atoms with Gasteiger partial charge in [0, 0.05) is 6.42 Å². The predicted molar refractivity (Wildman–Crippen MR) is 198 cm³/mol. The molecule has 0 saturated heterocycles. The minimum atomic E-state index is -2.27. The van der Waals surface area contributed by atoms with Crippen molar-refractivity contribution in [2.45, 2.75) is 63.8 Å².